The number of anilines is 1. The fourth-order valence-electron chi connectivity index (χ4n) is 4.02. The predicted molar refractivity (Wildman–Crippen MR) is 129 cm³/mol. The van der Waals surface area contributed by atoms with Gasteiger partial charge in [0.15, 0.2) is 0 Å². The van der Waals surface area contributed by atoms with Crippen molar-refractivity contribution in [3.63, 3.8) is 0 Å². The maximum Gasteiger partial charge on any atom is 0.338 e. The molecule has 4 aromatic rings. The Balaban J connectivity index is 1.45. The molecular formula is C26H24N4O4. The number of hydrogen-bond acceptors (Lipinski definition) is 5. The molecule has 1 amide bonds. The molecule has 0 bridgehead atoms. The van der Waals surface area contributed by atoms with Crippen LogP contribution in [0, 0.1) is 0 Å². The summed E-state index contributed by atoms with van der Waals surface area (Å²) in [6.45, 7) is 1.99. The molecule has 8 nitrogen and oxygen atoms in total. The van der Waals surface area contributed by atoms with E-state index < -0.39 is 5.97 Å². The number of rotatable bonds is 7. The second kappa shape index (κ2) is 8.97. The lowest BCUT2D eigenvalue weighted by molar-refractivity contribution is -0.116. The molecule has 0 radical (unpaired) electrons. The quantitative estimate of drug-likeness (QED) is 0.424. The van der Waals surface area contributed by atoms with Crippen LogP contribution >= 0.6 is 0 Å². The van der Waals surface area contributed by atoms with Crippen molar-refractivity contribution in [3.05, 3.63) is 83.0 Å². The molecule has 5 rings (SSSR count). The topological polar surface area (TPSA) is 95.2 Å². The predicted octanol–water partition coefficient (Wildman–Crippen LogP) is 4.02. The zero-order valence-electron chi connectivity index (χ0n) is 18.7. The van der Waals surface area contributed by atoms with Gasteiger partial charge >= 0.3 is 5.97 Å². The highest BCUT2D eigenvalue weighted by Gasteiger charge is 2.27. The number of nitrogens with one attached hydrogen (secondary N) is 1. The third-order valence-electron chi connectivity index (χ3n) is 5.82. The summed E-state index contributed by atoms with van der Waals surface area (Å²) in [7, 11) is 0. The summed E-state index contributed by atoms with van der Waals surface area (Å²) in [6, 6.07) is 16.4. The minimum absolute atomic E-state index is 0.0471. The molecule has 2 heterocycles. The summed E-state index contributed by atoms with van der Waals surface area (Å²) < 4.78 is 8.32. The Hall–Kier alpha value is -4.20. The van der Waals surface area contributed by atoms with Gasteiger partial charge in [-0.1, -0.05) is 30.3 Å². The Morgan fingerprint density at radius 2 is 1.82 bits per heavy atom. The molecule has 8 heteroatoms. The van der Waals surface area contributed by atoms with Crippen molar-refractivity contribution >= 4 is 28.6 Å². The Morgan fingerprint density at radius 3 is 2.50 bits per heavy atom. The van der Waals surface area contributed by atoms with E-state index in [-0.39, 0.29) is 24.1 Å². The van der Waals surface area contributed by atoms with Gasteiger partial charge in [-0.2, -0.15) is 0 Å². The van der Waals surface area contributed by atoms with Gasteiger partial charge in [0, 0.05) is 23.5 Å². The van der Waals surface area contributed by atoms with Crippen LogP contribution in [0.5, 0.6) is 0 Å². The van der Waals surface area contributed by atoms with Crippen LogP contribution in [0.15, 0.2) is 71.9 Å². The number of nitrogens with zero attached hydrogens (tertiary/aromatic N) is 3. The SMILES string of the molecule is CCOC(=O)c1ccc(NC(=O)Cn2cc(-c3ccccc3)c3ncn(C4CC4)c(=O)c32)cc1. The number of esters is 1. The molecule has 34 heavy (non-hydrogen) atoms. The number of ether oxygens (including phenoxy) is 1. The maximum atomic E-state index is 13.3. The van der Waals surface area contributed by atoms with Crippen LogP contribution < -0.4 is 10.9 Å². The number of amides is 1. The van der Waals surface area contributed by atoms with Gasteiger partial charge in [0.05, 0.1) is 18.5 Å². The van der Waals surface area contributed by atoms with E-state index in [1.165, 1.54) is 0 Å². The third-order valence-corrected chi connectivity index (χ3v) is 5.82. The van der Waals surface area contributed by atoms with Crippen molar-refractivity contribution in [1.82, 2.24) is 14.1 Å². The first kappa shape index (κ1) is 21.6. The summed E-state index contributed by atoms with van der Waals surface area (Å²) in [5.74, 6) is -0.700. The van der Waals surface area contributed by atoms with Crippen molar-refractivity contribution in [2.45, 2.75) is 32.4 Å². The van der Waals surface area contributed by atoms with Crippen LogP contribution in [0.3, 0.4) is 0 Å². The molecule has 0 spiro atoms. The van der Waals surface area contributed by atoms with E-state index in [1.807, 2.05) is 36.5 Å². The molecule has 1 saturated carbocycles. The molecule has 0 aliphatic heterocycles. The molecular weight excluding hydrogens is 432 g/mol. The molecule has 0 saturated heterocycles. The highest BCUT2D eigenvalue weighted by atomic mass is 16.5. The molecule has 2 aromatic heterocycles. The van der Waals surface area contributed by atoms with Crippen LogP contribution in [-0.4, -0.2) is 32.6 Å². The van der Waals surface area contributed by atoms with E-state index in [4.69, 9.17) is 4.74 Å². The van der Waals surface area contributed by atoms with E-state index in [1.54, 1.807) is 46.7 Å². The van der Waals surface area contributed by atoms with Crippen molar-refractivity contribution in [2.24, 2.45) is 0 Å². The average molecular weight is 457 g/mol. The van der Waals surface area contributed by atoms with Crippen LogP contribution in [-0.2, 0) is 16.1 Å². The number of fused-ring (bicyclic) bond motifs is 1. The Kier molecular flexibility index (Phi) is 5.71. The normalized spacial score (nSPS) is 13.1. The van der Waals surface area contributed by atoms with Crippen molar-refractivity contribution < 1.29 is 14.3 Å². The first-order valence-corrected chi connectivity index (χ1v) is 11.3. The van der Waals surface area contributed by atoms with Crippen LogP contribution in [0.4, 0.5) is 5.69 Å². The van der Waals surface area contributed by atoms with Gasteiger partial charge in [0.1, 0.15) is 17.6 Å². The minimum atomic E-state index is -0.410. The third kappa shape index (κ3) is 4.22. The van der Waals surface area contributed by atoms with Crippen molar-refractivity contribution in [3.8, 4) is 11.1 Å². The number of benzene rings is 2. The fourth-order valence-corrected chi connectivity index (χ4v) is 4.02. The first-order chi connectivity index (χ1) is 16.5. The minimum Gasteiger partial charge on any atom is -0.462 e. The average Bonchev–Trinajstić information content (AvgIpc) is 3.62. The largest absolute Gasteiger partial charge is 0.462 e. The molecule has 1 aliphatic rings. The Labute approximate surface area is 195 Å². The summed E-state index contributed by atoms with van der Waals surface area (Å²) in [6.07, 6.45) is 5.35. The van der Waals surface area contributed by atoms with E-state index in [2.05, 4.69) is 10.3 Å². The van der Waals surface area contributed by atoms with Gasteiger partial charge in [0.25, 0.3) is 5.56 Å². The zero-order chi connectivity index (χ0) is 23.7. The van der Waals surface area contributed by atoms with Crippen LogP contribution in [0.2, 0.25) is 0 Å². The Morgan fingerprint density at radius 1 is 1.09 bits per heavy atom. The summed E-state index contributed by atoms with van der Waals surface area (Å²) in [4.78, 5) is 42.6. The number of hydrogen-bond donors (Lipinski definition) is 1. The van der Waals surface area contributed by atoms with Crippen molar-refractivity contribution in [1.29, 1.82) is 0 Å². The fraction of sp³-hybridized carbons (Fsp3) is 0.231. The maximum absolute atomic E-state index is 13.3. The molecule has 0 atom stereocenters. The smallest absolute Gasteiger partial charge is 0.338 e. The van der Waals surface area contributed by atoms with Gasteiger partial charge < -0.3 is 14.6 Å². The van der Waals surface area contributed by atoms with Gasteiger partial charge in [-0.25, -0.2) is 9.78 Å². The van der Waals surface area contributed by atoms with E-state index in [0.717, 1.165) is 24.0 Å². The van der Waals surface area contributed by atoms with Gasteiger partial charge in [0.2, 0.25) is 5.91 Å². The van der Waals surface area contributed by atoms with E-state index in [0.29, 0.717) is 28.9 Å². The summed E-state index contributed by atoms with van der Waals surface area (Å²) in [5, 5.41) is 2.83. The molecule has 0 unspecified atom stereocenters. The summed E-state index contributed by atoms with van der Waals surface area (Å²) >= 11 is 0. The second-order valence-electron chi connectivity index (χ2n) is 8.27. The highest BCUT2D eigenvalue weighted by molar-refractivity contribution is 5.96. The van der Waals surface area contributed by atoms with Crippen LogP contribution in [0.25, 0.3) is 22.2 Å². The number of carbonyl (C=O) groups is 2. The van der Waals surface area contributed by atoms with Gasteiger partial charge in [-0.05, 0) is 49.6 Å². The Bertz CT molecular complexity index is 1420. The molecule has 172 valence electrons. The monoisotopic (exact) mass is 456 g/mol. The molecule has 1 aliphatic carbocycles. The van der Waals surface area contributed by atoms with Crippen LogP contribution in [0.1, 0.15) is 36.2 Å². The van der Waals surface area contributed by atoms with Gasteiger partial charge in [-0.15, -0.1) is 0 Å². The highest BCUT2D eigenvalue weighted by Crippen LogP contribution is 2.34. The lowest BCUT2D eigenvalue weighted by atomic mass is 10.1. The lowest BCUT2D eigenvalue weighted by Crippen LogP contribution is -2.24. The summed E-state index contributed by atoms with van der Waals surface area (Å²) in [5.41, 5.74) is 3.56. The standard InChI is InChI=1S/C26H24N4O4/c1-2-34-26(33)18-8-10-19(11-9-18)28-22(31)15-29-14-21(17-6-4-3-5-7-17)23-24(29)25(32)30(16-27-23)20-12-13-20/h3-11,14,16,20H,2,12-13,15H2,1H3,(H,28,31). The van der Waals surface area contributed by atoms with E-state index >= 15 is 0 Å². The first-order valence-electron chi connectivity index (χ1n) is 11.3. The number of carbonyl (C=O) groups excluding carboxylic acids is 2. The molecule has 1 fully saturated rings. The lowest BCUT2D eigenvalue weighted by Gasteiger charge is -2.09. The zero-order valence-corrected chi connectivity index (χ0v) is 18.7. The molecule has 2 aromatic carbocycles. The van der Waals surface area contributed by atoms with Crippen molar-refractivity contribution in [2.75, 3.05) is 11.9 Å². The van der Waals surface area contributed by atoms with Gasteiger partial charge in [-0.3, -0.25) is 14.2 Å². The molecule has 1 N–H and O–H groups in total. The second-order valence-corrected chi connectivity index (χ2v) is 8.27. The number of aromatic nitrogens is 3. The van der Waals surface area contributed by atoms with E-state index in [9.17, 15) is 14.4 Å².